The van der Waals surface area contributed by atoms with Gasteiger partial charge in [-0.1, -0.05) is 53.6 Å². The second kappa shape index (κ2) is 5.07. The third kappa shape index (κ3) is 2.12. The van der Waals surface area contributed by atoms with Gasteiger partial charge in [0.05, 0.1) is 0 Å². The summed E-state index contributed by atoms with van der Waals surface area (Å²) in [6.07, 6.45) is 0. The molecule has 1 N–H and O–H groups in total. The summed E-state index contributed by atoms with van der Waals surface area (Å²) in [6.45, 7) is 1.89. The van der Waals surface area contributed by atoms with Crippen LogP contribution in [0.2, 0.25) is 0 Å². The number of hydrogen-bond acceptors (Lipinski definition) is 3. The molecular weight excluding hydrogens is 302 g/mol. The molecule has 0 aromatic heterocycles. The van der Waals surface area contributed by atoms with E-state index < -0.39 is 22.5 Å². The van der Waals surface area contributed by atoms with Crippen molar-refractivity contribution >= 4 is 29.1 Å². The molecule has 0 atom stereocenters. The molecule has 0 fully saturated rings. The lowest BCUT2D eigenvalue weighted by molar-refractivity contribution is 0.0772. The number of carbonyl (C=O) groups excluding carboxylic acids is 3. The molecule has 0 unspecified atom stereocenters. The van der Waals surface area contributed by atoms with Gasteiger partial charge < -0.3 is 5.32 Å². The molecule has 2 aromatic rings. The molecule has 110 valence electrons. The van der Waals surface area contributed by atoms with Crippen molar-refractivity contribution in [1.29, 1.82) is 0 Å². The van der Waals surface area contributed by atoms with Crippen molar-refractivity contribution in [2.75, 3.05) is 0 Å². The number of fused-ring (bicyclic) bond motifs is 1. The van der Waals surface area contributed by atoms with Gasteiger partial charge in [0.25, 0.3) is 5.91 Å². The van der Waals surface area contributed by atoms with Crippen molar-refractivity contribution in [3.63, 3.8) is 0 Å². The lowest BCUT2D eigenvalue weighted by Crippen LogP contribution is -2.52. The zero-order valence-corrected chi connectivity index (χ0v) is 12.5. The van der Waals surface area contributed by atoms with Crippen molar-refractivity contribution < 1.29 is 14.4 Å². The van der Waals surface area contributed by atoms with Crippen LogP contribution in [0.25, 0.3) is 0 Å². The molecule has 0 saturated heterocycles. The van der Waals surface area contributed by atoms with E-state index in [1.54, 1.807) is 36.4 Å². The van der Waals surface area contributed by atoms with Crippen LogP contribution in [-0.2, 0) is 0 Å². The summed E-state index contributed by atoms with van der Waals surface area (Å²) in [5.41, 5.74) is 1.79. The molecule has 0 aliphatic heterocycles. The highest BCUT2D eigenvalue weighted by molar-refractivity contribution is 6.55. The van der Waals surface area contributed by atoms with E-state index in [1.807, 2.05) is 6.92 Å². The highest BCUT2D eigenvalue weighted by Crippen LogP contribution is 2.33. The molecule has 5 heteroatoms. The van der Waals surface area contributed by atoms with E-state index in [2.05, 4.69) is 5.32 Å². The summed E-state index contributed by atoms with van der Waals surface area (Å²) in [7, 11) is 0. The van der Waals surface area contributed by atoms with Crippen molar-refractivity contribution in [3.8, 4) is 0 Å². The van der Waals surface area contributed by atoms with Gasteiger partial charge in [0.2, 0.25) is 16.6 Å². The fourth-order valence-electron chi connectivity index (χ4n) is 2.40. The first-order valence-electron chi connectivity index (χ1n) is 6.70. The Kier molecular flexibility index (Phi) is 3.34. The number of aryl methyl sites for hydroxylation is 1. The summed E-state index contributed by atoms with van der Waals surface area (Å²) < 4.78 is 0. The maximum Gasteiger partial charge on any atom is 0.253 e. The van der Waals surface area contributed by atoms with Crippen molar-refractivity contribution in [3.05, 3.63) is 70.8 Å². The molecule has 0 saturated carbocycles. The Morgan fingerprint density at radius 1 is 0.955 bits per heavy atom. The average molecular weight is 314 g/mol. The Morgan fingerprint density at radius 2 is 1.45 bits per heavy atom. The number of carbonyl (C=O) groups is 3. The minimum absolute atomic E-state index is 0.228. The Balaban J connectivity index is 1.92. The number of Topliss-reactive ketones (excluding diaryl/α,β-unsaturated/α-hetero) is 2. The van der Waals surface area contributed by atoms with Crippen molar-refractivity contribution in [1.82, 2.24) is 5.32 Å². The molecule has 22 heavy (non-hydrogen) atoms. The molecule has 0 bridgehead atoms. The summed E-state index contributed by atoms with van der Waals surface area (Å²) in [5, 5.41) is 2.36. The first-order chi connectivity index (χ1) is 10.4. The minimum atomic E-state index is -2.06. The van der Waals surface area contributed by atoms with Crippen LogP contribution in [0, 0.1) is 6.92 Å². The third-order valence-electron chi connectivity index (χ3n) is 3.64. The summed E-state index contributed by atoms with van der Waals surface area (Å²) in [6, 6.07) is 13.1. The monoisotopic (exact) mass is 313 g/mol. The van der Waals surface area contributed by atoms with Crippen LogP contribution >= 0.6 is 11.6 Å². The molecule has 0 radical (unpaired) electrons. The zero-order valence-electron chi connectivity index (χ0n) is 11.7. The van der Waals surface area contributed by atoms with Crippen LogP contribution < -0.4 is 5.32 Å². The Morgan fingerprint density at radius 3 is 1.95 bits per heavy atom. The maximum absolute atomic E-state index is 12.4. The van der Waals surface area contributed by atoms with E-state index in [1.165, 1.54) is 12.1 Å². The molecule has 1 aliphatic carbocycles. The normalized spacial score (nSPS) is 15.5. The van der Waals surface area contributed by atoms with Gasteiger partial charge in [-0.3, -0.25) is 14.4 Å². The first kappa shape index (κ1) is 14.5. The molecule has 1 amide bonds. The average Bonchev–Trinajstić information content (AvgIpc) is 2.70. The predicted octanol–water partition coefficient (Wildman–Crippen LogP) is 2.74. The van der Waals surface area contributed by atoms with Crippen LogP contribution in [0.1, 0.15) is 36.6 Å². The number of rotatable bonds is 2. The van der Waals surface area contributed by atoms with E-state index in [-0.39, 0.29) is 11.1 Å². The molecular formula is C17H12ClNO3. The van der Waals surface area contributed by atoms with Crippen LogP contribution in [0.4, 0.5) is 0 Å². The van der Waals surface area contributed by atoms with E-state index >= 15 is 0 Å². The number of amides is 1. The van der Waals surface area contributed by atoms with Gasteiger partial charge in [0.15, 0.2) is 0 Å². The van der Waals surface area contributed by atoms with Gasteiger partial charge in [-0.2, -0.15) is 0 Å². The van der Waals surface area contributed by atoms with Crippen LogP contribution in [0.15, 0.2) is 48.5 Å². The number of alkyl halides is 1. The number of nitrogens with one attached hydrogen (secondary N) is 1. The smallest absolute Gasteiger partial charge is 0.253 e. The van der Waals surface area contributed by atoms with Crippen LogP contribution in [0.3, 0.4) is 0 Å². The third-order valence-corrected chi connectivity index (χ3v) is 4.08. The number of ketones is 2. The van der Waals surface area contributed by atoms with Crippen LogP contribution in [0.5, 0.6) is 0 Å². The van der Waals surface area contributed by atoms with E-state index in [9.17, 15) is 14.4 Å². The quantitative estimate of drug-likeness (QED) is 0.527. The lowest BCUT2D eigenvalue weighted by atomic mass is 10.1. The number of hydrogen-bond donors (Lipinski definition) is 1. The second-order valence-electron chi connectivity index (χ2n) is 5.18. The largest absolute Gasteiger partial charge is 0.320 e. The Hall–Kier alpha value is -2.46. The highest BCUT2D eigenvalue weighted by Gasteiger charge is 2.53. The predicted molar refractivity (Wildman–Crippen MR) is 82.3 cm³/mol. The van der Waals surface area contributed by atoms with Gasteiger partial charge in [0.1, 0.15) is 0 Å². The molecule has 0 spiro atoms. The topological polar surface area (TPSA) is 63.2 Å². The van der Waals surface area contributed by atoms with Gasteiger partial charge in [0, 0.05) is 16.7 Å². The minimum Gasteiger partial charge on any atom is -0.320 e. The molecule has 2 aromatic carbocycles. The van der Waals surface area contributed by atoms with E-state index in [0.717, 1.165) is 5.56 Å². The first-order valence-corrected chi connectivity index (χ1v) is 7.08. The molecule has 4 nitrogen and oxygen atoms in total. The van der Waals surface area contributed by atoms with Gasteiger partial charge in [-0.25, -0.2) is 0 Å². The highest BCUT2D eigenvalue weighted by atomic mass is 35.5. The summed E-state index contributed by atoms with van der Waals surface area (Å²) in [5.74, 6) is -1.77. The van der Waals surface area contributed by atoms with Crippen LogP contribution in [-0.4, -0.2) is 22.5 Å². The van der Waals surface area contributed by atoms with Gasteiger partial charge in [-0.05, 0) is 19.1 Å². The van der Waals surface area contributed by atoms with Crippen molar-refractivity contribution in [2.24, 2.45) is 0 Å². The Labute approximate surface area is 132 Å². The SMILES string of the molecule is Cc1ccc(C(=O)NC2(Cl)C(=O)c3ccccc3C2=O)cc1. The lowest BCUT2D eigenvalue weighted by Gasteiger charge is -2.19. The summed E-state index contributed by atoms with van der Waals surface area (Å²) in [4.78, 5) is 35.0. The fourth-order valence-corrected chi connectivity index (χ4v) is 2.69. The zero-order chi connectivity index (χ0) is 15.9. The van der Waals surface area contributed by atoms with Gasteiger partial charge in [-0.15, -0.1) is 0 Å². The van der Waals surface area contributed by atoms with E-state index in [0.29, 0.717) is 5.56 Å². The Bertz CT molecular complexity index is 761. The van der Waals surface area contributed by atoms with Gasteiger partial charge >= 0.3 is 0 Å². The summed E-state index contributed by atoms with van der Waals surface area (Å²) >= 11 is 6.18. The standard InChI is InChI=1S/C17H12ClNO3/c1-10-6-8-11(9-7-10)16(22)19-17(18)14(20)12-4-2-3-5-13(12)15(17)21/h2-9H,1H3,(H,19,22). The fraction of sp³-hybridized carbons (Fsp3) is 0.118. The molecule has 3 rings (SSSR count). The molecule has 0 heterocycles. The number of benzene rings is 2. The number of halogens is 1. The van der Waals surface area contributed by atoms with Crippen molar-refractivity contribution in [2.45, 2.75) is 11.9 Å². The maximum atomic E-state index is 12.4. The van der Waals surface area contributed by atoms with E-state index in [4.69, 9.17) is 11.6 Å². The molecule has 1 aliphatic rings. The second-order valence-corrected chi connectivity index (χ2v) is 5.75.